The van der Waals surface area contributed by atoms with Crippen molar-refractivity contribution in [3.63, 3.8) is 0 Å². The van der Waals surface area contributed by atoms with E-state index in [1.807, 2.05) is 25.1 Å². The molecule has 0 aromatic heterocycles. The number of halogens is 1. The van der Waals surface area contributed by atoms with E-state index in [1.165, 1.54) is 0 Å². The van der Waals surface area contributed by atoms with E-state index in [0.29, 0.717) is 31.3 Å². The van der Waals surface area contributed by atoms with Crippen molar-refractivity contribution < 1.29 is 17.9 Å². The number of hydrogen-bond donors (Lipinski definition) is 0. The van der Waals surface area contributed by atoms with Gasteiger partial charge in [0.25, 0.3) is 0 Å². The van der Waals surface area contributed by atoms with Gasteiger partial charge in [0, 0.05) is 17.4 Å². The highest BCUT2D eigenvalue weighted by atomic mass is 35.5. The van der Waals surface area contributed by atoms with Crippen LogP contribution < -0.4 is 9.47 Å². The van der Waals surface area contributed by atoms with Crippen molar-refractivity contribution in [3.05, 3.63) is 23.8 Å². The van der Waals surface area contributed by atoms with Crippen LogP contribution in [-0.2, 0) is 15.7 Å². The Morgan fingerprint density at radius 2 is 1.90 bits per heavy atom. The summed E-state index contributed by atoms with van der Waals surface area (Å²) in [5.41, 5.74) is 0.874. The van der Waals surface area contributed by atoms with Crippen LogP contribution >= 0.6 is 11.6 Å². The van der Waals surface area contributed by atoms with Gasteiger partial charge in [-0.1, -0.05) is 19.9 Å². The number of alkyl halides is 1. The number of hydrogen-bond acceptors (Lipinski definition) is 4. The first-order valence-electron chi connectivity index (χ1n) is 7.17. The van der Waals surface area contributed by atoms with Crippen LogP contribution in [0.2, 0.25) is 0 Å². The van der Waals surface area contributed by atoms with E-state index in [2.05, 4.69) is 0 Å². The average Bonchev–Trinajstić information content (AvgIpc) is 2.49. The summed E-state index contributed by atoms with van der Waals surface area (Å²) < 4.78 is 34.0. The fraction of sp³-hybridized carbons (Fsp3) is 0.600. The molecular weight excluding hydrogens is 312 g/mol. The molecule has 1 aromatic rings. The molecule has 0 radical (unpaired) electrons. The van der Waals surface area contributed by atoms with Gasteiger partial charge >= 0.3 is 0 Å². The van der Waals surface area contributed by atoms with Gasteiger partial charge in [0.2, 0.25) is 0 Å². The van der Waals surface area contributed by atoms with Crippen molar-refractivity contribution in [1.82, 2.24) is 0 Å². The van der Waals surface area contributed by atoms with Crippen LogP contribution in [0.25, 0.3) is 0 Å². The number of sulfone groups is 1. The predicted octanol–water partition coefficient (Wildman–Crippen LogP) is 3.42. The highest BCUT2D eigenvalue weighted by Gasteiger charge is 2.09. The third kappa shape index (κ3) is 6.57. The Bertz CT molecular complexity index is 528. The Morgan fingerprint density at radius 1 is 1.14 bits per heavy atom. The molecule has 1 rings (SSSR count). The van der Waals surface area contributed by atoms with E-state index < -0.39 is 9.84 Å². The van der Waals surface area contributed by atoms with Crippen molar-refractivity contribution in [3.8, 4) is 11.5 Å². The molecule has 0 fully saturated rings. The summed E-state index contributed by atoms with van der Waals surface area (Å²) in [5.74, 6) is 2.05. The molecule has 4 nitrogen and oxygen atoms in total. The third-order valence-corrected chi connectivity index (χ3v) is 5.03. The molecule has 0 saturated heterocycles. The van der Waals surface area contributed by atoms with Gasteiger partial charge < -0.3 is 9.47 Å². The third-order valence-electron chi connectivity index (χ3n) is 2.95. The van der Waals surface area contributed by atoms with Crippen molar-refractivity contribution in [2.45, 2.75) is 32.6 Å². The van der Waals surface area contributed by atoms with Crippen molar-refractivity contribution in [2.75, 3.05) is 24.7 Å². The SMILES string of the molecule is CCCOc1ccc(CCl)c(OCCCS(=O)(=O)CC)c1. The van der Waals surface area contributed by atoms with Gasteiger partial charge in [-0.2, -0.15) is 0 Å². The summed E-state index contributed by atoms with van der Waals surface area (Å²) in [5, 5.41) is 0. The molecule has 0 atom stereocenters. The van der Waals surface area contributed by atoms with E-state index in [1.54, 1.807) is 6.92 Å². The molecular formula is C15H23ClO4S. The van der Waals surface area contributed by atoms with Gasteiger partial charge in [-0.05, 0) is 18.9 Å². The first-order valence-corrected chi connectivity index (χ1v) is 9.53. The molecule has 0 aliphatic carbocycles. The molecule has 21 heavy (non-hydrogen) atoms. The second-order valence-electron chi connectivity index (χ2n) is 4.69. The van der Waals surface area contributed by atoms with Gasteiger partial charge in [-0.25, -0.2) is 8.42 Å². The summed E-state index contributed by atoms with van der Waals surface area (Å²) in [6.07, 6.45) is 1.40. The maximum absolute atomic E-state index is 11.4. The normalized spacial score (nSPS) is 11.4. The van der Waals surface area contributed by atoms with Gasteiger partial charge in [-0.3, -0.25) is 0 Å². The number of benzene rings is 1. The van der Waals surface area contributed by atoms with E-state index >= 15 is 0 Å². The molecule has 0 spiro atoms. The topological polar surface area (TPSA) is 52.6 Å². The Morgan fingerprint density at radius 3 is 2.52 bits per heavy atom. The number of ether oxygens (including phenoxy) is 2. The molecule has 0 heterocycles. The minimum absolute atomic E-state index is 0.145. The van der Waals surface area contributed by atoms with Gasteiger partial charge in [-0.15, -0.1) is 11.6 Å². The zero-order chi connectivity index (χ0) is 15.7. The first-order chi connectivity index (χ1) is 10.0. The molecule has 6 heteroatoms. The van der Waals surface area contributed by atoms with E-state index in [4.69, 9.17) is 21.1 Å². The lowest BCUT2D eigenvalue weighted by molar-refractivity contribution is 0.300. The summed E-state index contributed by atoms with van der Waals surface area (Å²) in [6.45, 7) is 4.68. The van der Waals surface area contributed by atoms with Crippen LogP contribution in [0.4, 0.5) is 0 Å². The maximum Gasteiger partial charge on any atom is 0.150 e. The minimum atomic E-state index is -2.94. The smallest absolute Gasteiger partial charge is 0.150 e. The number of rotatable bonds is 10. The molecule has 0 N–H and O–H groups in total. The second-order valence-corrected chi connectivity index (χ2v) is 7.43. The molecule has 0 saturated carbocycles. The standard InChI is InChI=1S/C15H23ClO4S/c1-3-8-19-14-7-6-13(12-16)15(11-14)20-9-5-10-21(17,18)4-2/h6-7,11H,3-5,8-10,12H2,1-2H3. The van der Waals surface area contributed by atoms with Gasteiger partial charge in [0.05, 0.1) is 24.8 Å². The molecule has 0 unspecified atom stereocenters. The van der Waals surface area contributed by atoms with Gasteiger partial charge in [0.1, 0.15) is 21.3 Å². The molecule has 0 bridgehead atoms. The fourth-order valence-electron chi connectivity index (χ4n) is 1.69. The minimum Gasteiger partial charge on any atom is -0.493 e. The van der Waals surface area contributed by atoms with Crippen LogP contribution in [0.1, 0.15) is 32.3 Å². The lowest BCUT2D eigenvalue weighted by Gasteiger charge is -2.12. The zero-order valence-corrected chi connectivity index (χ0v) is 14.2. The molecule has 1 aromatic carbocycles. The lowest BCUT2D eigenvalue weighted by atomic mass is 10.2. The van der Waals surface area contributed by atoms with Crippen LogP contribution in [0, 0.1) is 0 Å². The van der Waals surface area contributed by atoms with Crippen LogP contribution in [0.3, 0.4) is 0 Å². The molecule has 120 valence electrons. The molecule has 0 amide bonds. The van der Waals surface area contributed by atoms with Gasteiger partial charge in [0.15, 0.2) is 0 Å². The monoisotopic (exact) mass is 334 g/mol. The van der Waals surface area contributed by atoms with Crippen LogP contribution in [-0.4, -0.2) is 33.1 Å². The zero-order valence-electron chi connectivity index (χ0n) is 12.6. The predicted molar refractivity (Wildman–Crippen MR) is 86.2 cm³/mol. The molecule has 0 aliphatic rings. The Kier molecular flexibility index (Phi) is 7.89. The summed E-state index contributed by atoms with van der Waals surface area (Å²) in [4.78, 5) is 0. The van der Waals surface area contributed by atoms with Crippen molar-refractivity contribution in [1.29, 1.82) is 0 Å². The Labute approximate surface area is 132 Å². The second kappa shape index (κ2) is 9.15. The quantitative estimate of drug-likeness (QED) is 0.486. The maximum atomic E-state index is 11.4. The van der Waals surface area contributed by atoms with Crippen LogP contribution in [0.15, 0.2) is 18.2 Å². The molecule has 0 aliphatic heterocycles. The van der Waals surface area contributed by atoms with E-state index in [0.717, 1.165) is 17.7 Å². The summed E-state index contributed by atoms with van der Waals surface area (Å²) in [6, 6.07) is 5.54. The summed E-state index contributed by atoms with van der Waals surface area (Å²) in [7, 11) is -2.94. The van der Waals surface area contributed by atoms with Crippen molar-refractivity contribution in [2.24, 2.45) is 0 Å². The summed E-state index contributed by atoms with van der Waals surface area (Å²) >= 11 is 5.88. The van der Waals surface area contributed by atoms with Crippen LogP contribution in [0.5, 0.6) is 11.5 Å². The highest BCUT2D eigenvalue weighted by molar-refractivity contribution is 7.91. The fourth-order valence-corrected chi connectivity index (χ4v) is 2.76. The largest absolute Gasteiger partial charge is 0.493 e. The first kappa shape index (κ1) is 18.1. The average molecular weight is 335 g/mol. The van der Waals surface area contributed by atoms with E-state index in [9.17, 15) is 8.42 Å². The Hall–Kier alpha value is -0.940. The Balaban J connectivity index is 2.59. The highest BCUT2D eigenvalue weighted by Crippen LogP contribution is 2.26. The van der Waals surface area contributed by atoms with E-state index in [-0.39, 0.29) is 11.5 Å². The van der Waals surface area contributed by atoms with Crippen molar-refractivity contribution >= 4 is 21.4 Å². The lowest BCUT2D eigenvalue weighted by Crippen LogP contribution is -2.12.